The van der Waals surface area contributed by atoms with Crippen molar-refractivity contribution in [3.05, 3.63) is 23.7 Å². The van der Waals surface area contributed by atoms with Crippen molar-refractivity contribution < 1.29 is 14.0 Å². The highest BCUT2D eigenvalue weighted by Crippen LogP contribution is 2.22. The minimum atomic E-state index is -0.202. The fourth-order valence-corrected chi connectivity index (χ4v) is 1.76. The molecule has 5 nitrogen and oxygen atoms in total. The van der Waals surface area contributed by atoms with Crippen molar-refractivity contribution in [3.8, 4) is 0 Å². The summed E-state index contributed by atoms with van der Waals surface area (Å²) in [5, 5.41) is 2.51. The number of carbonyl (C=O) groups is 2. The van der Waals surface area contributed by atoms with Crippen molar-refractivity contribution in [2.75, 3.05) is 13.1 Å². The number of piperazine rings is 1. The molecule has 0 aromatic carbocycles. The van der Waals surface area contributed by atoms with Crippen LogP contribution in [0.25, 0.3) is 0 Å². The smallest absolute Gasteiger partial charge is 0.243 e. The van der Waals surface area contributed by atoms with E-state index in [0.29, 0.717) is 5.76 Å². The molecule has 5 heteroatoms. The predicted molar refractivity (Wildman–Crippen MR) is 56.6 cm³/mol. The Morgan fingerprint density at radius 2 is 2.19 bits per heavy atom. The summed E-state index contributed by atoms with van der Waals surface area (Å²) in [6.45, 7) is 3.87. The lowest BCUT2D eigenvalue weighted by atomic mass is 10.2. The molecule has 0 aliphatic carbocycles. The van der Waals surface area contributed by atoms with Crippen LogP contribution < -0.4 is 5.32 Å². The standard InChI is InChI=1S/C11H14N2O3/c1-7-3-4-9(16-7)8(2)13-6-10(14)12-5-11(13)15/h3-4,8H,5-6H2,1-2H3,(H,12,14). The van der Waals surface area contributed by atoms with Crippen LogP contribution in [0.15, 0.2) is 16.5 Å². The highest BCUT2D eigenvalue weighted by atomic mass is 16.3. The SMILES string of the molecule is Cc1ccc(C(C)N2CC(=O)NCC2=O)o1. The number of rotatable bonds is 2. The molecule has 0 spiro atoms. The van der Waals surface area contributed by atoms with Gasteiger partial charge >= 0.3 is 0 Å². The molecular formula is C11H14N2O3. The fraction of sp³-hybridized carbons (Fsp3) is 0.455. The minimum Gasteiger partial charge on any atom is -0.464 e. The Morgan fingerprint density at radius 3 is 2.81 bits per heavy atom. The van der Waals surface area contributed by atoms with Crippen molar-refractivity contribution in [1.29, 1.82) is 0 Å². The monoisotopic (exact) mass is 222 g/mol. The van der Waals surface area contributed by atoms with Gasteiger partial charge in [0.25, 0.3) is 0 Å². The van der Waals surface area contributed by atoms with Crippen LogP contribution in [-0.4, -0.2) is 29.8 Å². The van der Waals surface area contributed by atoms with Crippen LogP contribution in [-0.2, 0) is 9.59 Å². The molecule has 1 saturated heterocycles. The molecule has 86 valence electrons. The van der Waals surface area contributed by atoms with Crippen molar-refractivity contribution in [2.24, 2.45) is 0 Å². The molecule has 2 amide bonds. The summed E-state index contributed by atoms with van der Waals surface area (Å²) in [6, 6.07) is 3.48. The average Bonchev–Trinajstić information content (AvgIpc) is 2.67. The van der Waals surface area contributed by atoms with Gasteiger partial charge in [0, 0.05) is 0 Å². The van der Waals surface area contributed by atoms with Gasteiger partial charge in [-0.3, -0.25) is 9.59 Å². The molecule has 1 aromatic rings. The zero-order chi connectivity index (χ0) is 11.7. The Morgan fingerprint density at radius 1 is 1.44 bits per heavy atom. The number of aryl methyl sites for hydroxylation is 1. The van der Waals surface area contributed by atoms with Crippen molar-refractivity contribution in [2.45, 2.75) is 19.9 Å². The number of nitrogens with one attached hydrogen (secondary N) is 1. The van der Waals surface area contributed by atoms with Gasteiger partial charge in [-0.2, -0.15) is 0 Å². The van der Waals surface area contributed by atoms with E-state index in [-0.39, 0.29) is 30.9 Å². The van der Waals surface area contributed by atoms with E-state index in [2.05, 4.69) is 5.32 Å². The zero-order valence-corrected chi connectivity index (χ0v) is 9.32. The van der Waals surface area contributed by atoms with Crippen molar-refractivity contribution in [1.82, 2.24) is 10.2 Å². The maximum Gasteiger partial charge on any atom is 0.243 e. The van der Waals surface area contributed by atoms with Gasteiger partial charge in [0.05, 0.1) is 12.6 Å². The normalized spacial score (nSPS) is 18.5. The number of nitrogens with zero attached hydrogens (tertiary/aromatic N) is 1. The number of amides is 2. The molecule has 1 aromatic heterocycles. The highest BCUT2D eigenvalue weighted by molar-refractivity contribution is 5.92. The van der Waals surface area contributed by atoms with Crippen molar-refractivity contribution in [3.63, 3.8) is 0 Å². The molecule has 1 N–H and O–H groups in total. The van der Waals surface area contributed by atoms with Crippen LogP contribution in [0.1, 0.15) is 24.5 Å². The molecule has 2 heterocycles. The summed E-state index contributed by atoms with van der Waals surface area (Å²) in [4.78, 5) is 24.4. The van der Waals surface area contributed by atoms with Gasteiger partial charge < -0.3 is 14.6 Å². The molecule has 2 rings (SSSR count). The Labute approximate surface area is 93.4 Å². The third kappa shape index (κ3) is 1.93. The lowest BCUT2D eigenvalue weighted by Crippen LogP contribution is -2.52. The largest absolute Gasteiger partial charge is 0.464 e. The highest BCUT2D eigenvalue weighted by Gasteiger charge is 2.29. The molecule has 16 heavy (non-hydrogen) atoms. The van der Waals surface area contributed by atoms with Gasteiger partial charge in [-0.25, -0.2) is 0 Å². The Balaban J connectivity index is 2.17. The summed E-state index contributed by atoms with van der Waals surface area (Å²) < 4.78 is 5.46. The summed E-state index contributed by atoms with van der Waals surface area (Å²) in [5.41, 5.74) is 0. The number of carbonyl (C=O) groups excluding carboxylic acids is 2. The van der Waals surface area contributed by atoms with E-state index in [1.807, 2.05) is 26.0 Å². The van der Waals surface area contributed by atoms with Crippen LogP contribution >= 0.6 is 0 Å². The third-order valence-electron chi connectivity index (χ3n) is 2.71. The number of hydrogen-bond donors (Lipinski definition) is 1. The molecule has 0 radical (unpaired) electrons. The first-order chi connectivity index (χ1) is 7.58. The summed E-state index contributed by atoms with van der Waals surface area (Å²) >= 11 is 0. The second-order valence-electron chi connectivity index (χ2n) is 3.92. The molecule has 1 aliphatic rings. The lowest BCUT2D eigenvalue weighted by Gasteiger charge is -2.30. The number of hydrogen-bond acceptors (Lipinski definition) is 3. The third-order valence-corrected chi connectivity index (χ3v) is 2.71. The molecular weight excluding hydrogens is 208 g/mol. The molecule has 1 fully saturated rings. The van der Waals surface area contributed by atoms with Crippen LogP contribution in [0.2, 0.25) is 0 Å². The van der Waals surface area contributed by atoms with E-state index in [0.717, 1.165) is 5.76 Å². The Hall–Kier alpha value is -1.78. The van der Waals surface area contributed by atoms with E-state index < -0.39 is 0 Å². The molecule has 1 aliphatic heterocycles. The number of furan rings is 1. The predicted octanol–water partition coefficient (Wildman–Crippen LogP) is 0.607. The van der Waals surface area contributed by atoms with E-state index >= 15 is 0 Å². The van der Waals surface area contributed by atoms with Crippen LogP contribution in [0.3, 0.4) is 0 Å². The van der Waals surface area contributed by atoms with Crippen LogP contribution in [0.5, 0.6) is 0 Å². The van der Waals surface area contributed by atoms with Crippen LogP contribution in [0.4, 0.5) is 0 Å². The molecule has 0 bridgehead atoms. The second kappa shape index (κ2) is 4.00. The van der Waals surface area contributed by atoms with Gasteiger partial charge in [-0.1, -0.05) is 0 Å². The zero-order valence-electron chi connectivity index (χ0n) is 9.32. The van der Waals surface area contributed by atoms with E-state index in [1.165, 1.54) is 4.90 Å². The lowest BCUT2D eigenvalue weighted by molar-refractivity contribution is -0.143. The minimum absolute atomic E-state index is 0.0723. The van der Waals surface area contributed by atoms with Gasteiger partial charge in [0.15, 0.2) is 0 Å². The fourth-order valence-electron chi connectivity index (χ4n) is 1.76. The van der Waals surface area contributed by atoms with Crippen molar-refractivity contribution >= 4 is 11.8 Å². The first-order valence-electron chi connectivity index (χ1n) is 5.20. The second-order valence-corrected chi connectivity index (χ2v) is 3.92. The first-order valence-corrected chi connectivity index (χ1v) is 5.20. The van der Waals surface area contributed by atoms with Gasteiger partial charge in [0.1, 0.15) is 18.1 Å². The quantitative estimate of drug-likeness (QED) is 0.797. The average molecular weight is 222 g/mol. The summed E-state index contributed by atoms with van der Waals surface area (Å²) in [7, 11) is 0. The van der Waals surface area contributed by atoms with Gasteiger partial charge in [-0.15, -0.1) is 0 Å². The van der Waals surface area contributed by atoms with Gasteiger partial charge in [-0.05, 0) is 26.0 Å². The van der Waals surface area contributed by atoms with Crippen LogP contribution in [0, 0.1) is 6.92 Å². The van der Waals surface area contributed by atoms with Gasteiger partial charge in [0.2, 0.25) is 11.8 Å². The summed E-state index contributed by atoms with van der Waals surface area (Å²) in [5.74, 6) is 1.30. The summed E-state index contributed by atoms with van der Waals surface area (Å²) in [6.07, 6.45) is 0. The van der Waals surface area contributed by atoms with E-state index in [1.54, 1.807) is 0 Å². The van der Waals surface area contributed by atoms with E-state index in [9.17, 15) is 9.59 Å². The molecule has 1 unspecified atom stereocenters. The Kier molecular flexibility index (Phi) is 2.68. The maximum absolute atomic E-state index is 11.6. The molecule has 0 saturated carbocycles. The topological polar surface area (TPSA) is 62.6 Å². The molecule has 1 atom stereocenters. The Bertz CT molecular complexity index is 425. The first kappa shape index (κ1) is 10.7. The maximum atomic E-state index is 11.6. The van der Waals surface area contributed by atoms with E-state index in [4.69, 9.17) is 4.42 Å².